The number of fused-ring (bicyclic) bond motifs is 3. The number of nitrogens with zero attached hydrogens (tertiary/aromatic N) is 2. The number of ether oxygens (including phenoxy) is 1. The molecule has 2 bridgehead atoms. The molecular weight excluding hydrogens is 264 g/mol. The Morgan fingerprint density at radius 2 is 1.86 bits per heavy atom. The average molecular weight is 298 g/mol. The number of piperidine rings is 3. The van der Waals surface area contributed by atoms with Gasteiger partial charge in [0.25, 0.3) is 0 Å². The second kappa shape index (κ2) is 6.66. The molecule has 0 aliphatic carbocycles. The fourth-order valence-corrected chi connectivity index (χ4v) is 4.00. The van der Waals surface area contributed by atoms with E-state index in [4.69, 9.17) is 4.74 Å². The third kappa shape index (κ3) is 4.19. The van der Waals surface area contributed by atoms with Crippen LogP contribution in [0.4, 0.5) is 0 Å². The lowest BCUT2D eigenvalue weighted by Gasteiger charge is -2.50. The van der Waals surface area contributed by atoms with Gasteiger partial charge in [0.15, 0.2) is 0 Å². The van der Waals surface area contributed by atoms with Gasteiger partial charge in [-0.1, -0.05) is 0 Å². The summed E-state index contributed by atoms with van der Waals surface area (Å²) in [7, 11) is 4.57. The Kier molecular flexibility index (Phi) is 5.31. The summed E-state index contributed by atoms with van der Waals surface area (Å²) in [5, 5.41) is 0. The number of carbonyl (C=O) groups is 1. The van der Waals surface area contributed by atoms with Gasteiger partial charge in [0.05, 0.1) is 53.2 Å². The quantitative estimate of drug-likeness (QED) is 0.530. The van der Waals surface area contributed by atoms with E-state index in [0.29, 0.717) is 18.9 Å². The molecule has 4 heteroatoms. The number of esters is 1. The van der Waals surface area contributed by atoms with E-state index in [1.807, 2.05) is 0 Å². The summed E-state index contributed by atoms with van der Waals surface area (Å²) in [4.78, 5) is 12.1. The van der Waals surface area contributed by atoms with Crippen LogP contribution in [0.15, 0.2) is 0 Å². The van der Waals surface area contributed by atoms with Gasteiger partial charge in [0.2, 0.25) is 0 Å². The van der Waals surface area contributed by atoms with E-state index in [9.17, 15) is 4.79 Å². The van der Waals surface area contributed by atoms with Crippen LogP contribution in [-0.2, 0) is 9.53 Å². The maximum absolute atomic E-state index is 12.1. The predicted molar refractivity (Wildman–Crippen MR) is 84.7 cm³/mol. The van der Waals surface area contributed by atoms with Gasteiger partial charge in [-0.05, 0) is 19.8 Å². The lowest BCUT2D eigenvalue weighted by atomic mass is 9.76. The monoisotopic (exact) mass is 298 g/mol. The fraction of sp³-hybridized carbons (Fsp3) is 0.941. The van der Waals surface area contributed by atoms with Gasteiger partial charge in [-0.25, -0.2) is 0 Å². The Balaban J connectivity index is 1.73. The van der Waals surface area contributed by atoms with Gasteiger partial charge < -0.3 is 13.7 Å². The van der Waals surface area contributed by atoms with Crippen LogP contribution in [0.5, 0.6) is 0 Å². The minimum Gasteiger partial charge on any atom is -0.460 e. The van der Waals surface area contributed by atoms with Crippen molar-refractivity contribution in [1.29, 1.82) is 0 Å². The van der Waals surface area contributed by atoms with Crippen LogP contribution in [0.25, 0.3) is 0 Å². The lowest BCUT2D eigenvalue weighted by Crippen LogP contribution is -2.59. The minimum atomic E-state index is 0.0270. The van der Waals surface area contributed by atoms with Crippen molar-refractivity contribution < 1.29 is 18.5 Å². The number of likely N-dealkylation sites (N-methyl/N-ethyl adjacent to an activating group) is 1. The minimum absolute atomic E-state index is 0.0270. The summed E-state index contributed by atoms with van der Waals surface area (Å²) in [5.74, 6) is 1.35. The summed E-state index contributed by atoms with van der Waals surface area (Å²) >= 11 is 0. The zero-order valence-electron chi connectivity index (χ0n) is 14.4. The highest BCUT2D eigenvalue weighted by molar-refractivity contribution is 5.69. The molecule has 21 heavy (non-hydrogen) atoms. The van der Waals surface area contributed by atoms with Crippen molar-refractivity contribution in [3.63, 3.8) is 0 Å². The Hall–Kier alpha value is -0.610. The van der Waals surface area contributed by atoms with Crippen LogP contribution in [0.2, 0.25) is 0 Å². The van der Waals surface area contributed by atoms with Crippen molar-refractivity contribution in [1.82, 2.24) is 0 Å². The van der Waals surface area contributed by atoms with E-state index >= 15 is 0 Å². The zero-order valence-corrected chi connectivity index (χ0v) is 14.4. The predicted octanol–water partition coefficient (Wildman–Crippen LogP) is 1.89. The van der Waals surface area contributed by atoms with E-state index in [0.717, 1.165) is 30.0 Å². The van der Waals surface area contributed by atoms with Gasteiger partial charge in [-0.15, -0.1) is 0 Å². The molecule has 3 aliphatic rings. The van der Waals surface area contributed by atoms with Crippen molar-refractivity contribution in [3.8, 4) is 0 Å². The molecule has 1 atom stereocenters. The van der Waals surface area contributed by atoms with Crippen molar-refractivity contribution in [2.45, 2.75) is 33.1 Å². The third-order valence-electron chi connectivity index (χ3n) is 6.27. The van der Waals surface area contributed by atoms with Crippen LogP contribution >= 0.6 is 0 Å². The Labute approximate surface area is 130 Å². The second-order valence-corrected chi connectivity index (χ2v) is 7.75. The number of hydrogen-bond donors (Lipinski definition) is 0. The largest absolute Gasteiger partial charge is 0.460 e. The first kappa shape index (κ1) is 16.8. The smallest absolute Gasteiger partial charge is 0.306 e. The molecule has 0 spiro atoms. The molecule has 0 radical (unpaired) electrons. The molecule has 122 valence electrons. The molecule has 3 rings (SSSR count). The number of carbonyl (C=O) groups excluding carboxylic acids is 1. The van der Waals surface area contributed by atoms with Gasteiger partial charge in [-0.3, -0.25) is 4.79 Å². The summed E-state index contributed by atoms with van der Waals surface area (Å²) in [5.41, 5.74) is 0. The van der Waals surface area contributed by atoms with E-state index in [-0.39, 0.29) is 5.97 Å². The first-order valence-corrected chi connectivity index (χ1v) is 8.72. The second-order valence-electron chi connectivity index (χ2n) is 7.75. The van der Waals surface area contributed by atoms with E-state index in [1.165, 1.54) is 37.0 Å². The zero-order chi connectivity index (χ0) is 15.5. The SMILES string of the molecule is CC[N+](C)(CC)CCOC(=O)CC1C[N+]2(C)CCC1CC2. The molecule has 0 aromatic carbocycles. The highest BCUT2D eigenvalue weighted by Gasteiger charge is 2.43. The molecule has 1 unspecified atom stereocenters. The molecule has 0 amide bonds. The molecule has 0 N–H and O–H groups in total. The molecule has 3 aliphatic heterocycles. The first-order chi connectivity index (χ1) is 9.90. The summed E-state index contributed by atoms with van der Waals surface area (Å²) < 4.78 is 7.68. The number of hydrogen-bond acceptors (Lipinski definition) is 2. The average Bonchev–Trinajstić information content (AvgIpc) is 2.47. The first-order valence-electron chi connectivity index (χ1n) is 8.72. The molecule has 3 saturated heterocycles. The molecular formula is C17H34N2O2+2. The van der Waals surface area contributed by atoms with Crippen LogP contribution in [-0.4, -0.2) is 74.9 Å². The molecule has 0 aromatic heterocycles. The molecule has 3 heterocycles. The van der Waals surface area contributed by atoms with Crippen LogP contribution < -0.4 is 0 Å². The maximum atomic E-state index is 12.1. The molecule has 4 nitrogen and oxygen atoms in total. The number of quaternary nitrogens is 2. The van der Waals surface area contributed by atoms with Crippen molar-refractivity contribution in [2.24, 2.45) is 11.8 Å². The van der Waals surface area contributed by atoms with E-state index < -0.39 is 0 Å². The Bertz CT molecular complexity index is 358. The van der Waals surface area contributed by atoms with Gasteiger partial charge in [0.1, 0.15) is 13.2 Å². The summed E-state index contributed by atoms with van der Waals surface area (Å²) in [6.45, 7) is 11.9. The fourth-order valence-electron chi connectivity index (χ4n) is 4.00. The van der Waals surface area contributed by atoms with Crippen molar-refractivity contribution in [2.75, 3.05) is 60.0 Å². The van der Waals surface area contributed by atoms with Crippen LogP contribution in [0.1, 0.15) is 33.1 Å². The van der Waals surface area contributed by atoms with Gasteiger partial charge in [-0.2, -0.15) is 0 Å². The van der Waals surface area contributed by atoms with Gasteiger partial charge in [0, 0.05) is 18.8 Å². The van der Waals surface area contributed by atoms with Crippen LogP contribution in [0.3, 0.4) is 0 Å². The Morgan fingerprint density at radius 3 is 2.38 bits per heavy atom. The molecule has 3 fully saturated rings. The Morgan fingerprint density at radius 1 is 1.24 bits per heavy atom. The highest BCUT2D eigenvalue weighted by Crippen LogP contribution is 2.38. The van der Waals surface area contributed by atoms with E-state index in [1.54, 1.807) is 0 Å². The van der Waals surface area contributed by atoms with Crippen molar-refractivity contribution in [3.05, 3.63) is 0 Å². The third-order valence-corrected chi connectivity index (χ3v) is 6.27. The topological polar surface area (TPSA) is 26.3 Å². The van der Waals surface area contributed by atoms with Gasteiger partial charge >= 0.3 is 5.97 Å². The maximum Gasteiger partial charge on any atom is 0.306 e. The molecule has 0 saturated carbocycles. The normalized spacial score (nSPS) is 32.2. The molecule has 0 aromatic rings. The van der Waals surface area contributed by atoms with E-state index in [2.05, 4.69) is 27.9 Å². The lowest BCUT2D eigenvalue weighted by molar-refractivity contribution is -0.929. The summed E-state index contributed by atoms with van der Waals surface area (Å²) in [6.07, 6.45) is 3.24. The number of rotatable bonds is 7. The highest BCUT2D eigenvalue weighted by atomic mass is 16.5. The summed E-state index contributed by atoms with van der Waals surface area (Å²) in [6, 6.07) is 0. The standard InChI is InChI=1S/C17H34N2O2/c1-5-18(3,6-2)11-12-21-17(20)13-16-14-19(4)9-7-15(16)8-10-19/h15-16H,5-14H2,1-4H3/q+2. The van der Waals surface area contributed by atoms with Crippen LogP contribution in [0, 0.1) is 11.8 Å². The van der Waals surface area contributed by atoms with Crippen molar-refractivity contribution >= 4 is 5.97 Å².